The van der Waals surface area contributed by atoms with Crippen LogP contribution in [0.5, 0.6) is 0 Å². The molecule has 3 unspecified atom stereocenters. The minimum absolute atomic E-state index is 0.320. The standard InChI is InChI=1S/C16H32N2O/c1-12(13-5-6-13)18(9-10-19-4)11-14-7-8-16(2,3)15(14)17/h12-15H,5-11,17H2,1-4H3. The Labute approximate surface area is 118 Å². The molecule has 3 nitrogen and oxygen atoms in total. The van der Waals surface area contributed by atoms with Crippen molar-refractivity contribution in [2.24, 2.45) is 23.0 Å². The van der Waals surface area contributed by atoms with Crippen LogP contribution in [0.25, 0.3) is 0 Å². The highest BCUT2D eigenvalue weighted by atomic mass is 16.5. The van der Waals surface area contributed by atoms with Crippen molar-refractivity contribution >= 4 is 0 Å². The molecule has 112 valence electrons. The zero-order valence-corrected chi connectivity index (χ0v) is 13.2. The van der Waals surface area contributed by atoms with Crippen LogP contribution >= 0.6 is 0 Å². The highest BCUT2D eigenvalue weighted by molar-refractivity contribution is 4.96. The third-order valence-electron chi connectivity index (χ3n) is 5.50. The molecule has 2 aliphatic carbocycles. The van der Waals surface area contributed by atoms with E-state index in [1.54, 1.807) is 7.11 Å². The lowest BCUT2D eigenvalue weighted by molar-refractivity contribution is 0.0981. The molecule has 0 aliphatic heterocycles. The van der Waals surface area contributed by atoms with Crippen molar-refractivity contribution in [2.75, 3.05) is 26.8 Å². The van der Waals surface area contributed by atoms with Crippen molar-refractivity contribution in [1.82, 2.24) is 4.90 Å². The first-order chi connectivity index (χ1) is 8.95. The molecule has 2 N–H and O–H groups in total. The lowest BCUT2D eigenvalue weighted by atomic mass is 9.85. The van der Waals surface area contributed by atoms with Gasteiger partial charge in [0.15, 0.2) is 0 Å². The Balaban J connectivity index is 1.91. The lowest BCUT2D eigenvalue weighted by Crippen LogP contribution is -2.46. The van der Waals surface area contributed by atoms with Gasteiger partial charge in [0.05, 0.1) is 6.61 Å². The zero-order valence-electron chi connectivity index (χ0n) is 13.2. The van der Waals surface area contributed by atoms with Crippen LogP contribution in [0, 0.1) is 17.3 Å². The van der Waals surface area contributed by atoms with Crippen molar-refractivity contribution in [3.8, 4) is 0 Å². The van der Waals surface area contributed by atoms with E-state index in [1.807, 2.05) is 0 Å². The van der Waals surface area contributed by atoms with E-state index in [4.69, 9.17) is 10.5 Å². The predicted molar refractivity (Wildman–Crippen MR) is 80.1 cm³/mol. The summed E-state index contributed by atoms with van der Waals surface area (Å²) in [6, 6.07) is 1.05. The molecule has 0 amide bonds. The van der Waals surface area contributed by atoms with Gasteiger partial charge in [0.1, 0.15) is 0 Å². The van der Waals surface area contributed by atoms with Crippen LogP contribution in [-0.4, -0.2) is 43.8 Å². The molecule has 3 atom stereocenters. The number of ether oxygens (including phenoxy) is 1. The summed E-state index contributed by atoms with van der Waals surface area (Å²) in [6.45, 7) is 10.1. The van der Waals surface area contributed by atoms with Crippen molar-refractivity contribution < 1.29 is 4.74 Å². The van der Waals surface area contributed by atoms with E-state index >= 15 is 0 Å². The minimum Gasteiger partial charge on any atom is -0.383 e. The Hall–Kier alpha value is -0.120. The largest absolute Gasteiger partial charge is 0.383 e. The molecule has 2 saturated carbocycles. The van der Waals surface area contributed by atoms with Crippen LogP contribution < -0.4 is 5.73 Å². The van der Waals surface area contributed by atoms with Crippen molar-refractivity contribution in [1.29, 1.82) is 0 Å². The Morgan fingerprint density at radius 3 is 2.47 bits per heavy atom. The average molecular weight is 268 g/mol. The molecule has 3 heteroatoms. The molecular formula is C16H32N2O. The van der Waals surface area contributed by atoms with Crippen LogP contribution in [0.1, 0.15) is 46.5 Å². The van der Waals surface area contributed by atoms with E-state index in [9.17, 15) is 0 Å². The molecule has 2 rings (SSSR count). The topological polar surface area (TPSA) is 38.5 Å². The van der Waals surface area contributed by atoms with Crippen LogP contribution in [0.4, 0.5) is 0 Å². The third-order valence-corrected chi connectivity index (χ3v) is 5.50. The van der Waals surface area contributed by atoms with E-state index in [2.05, 4.69) is 25.7 Å². The van der Waals surface area contributed by atoms with Gasteiger partial charge < -0.3 is 10.5 Å². The Morgan fingerprint density at radius 1 is 1.32 bits per heavy atom. The van der Waals surface area contributed by atoms with E-state index in [1.165, 1.54) is 25.7 Å². The van der Waals surface area contributed by atoms with E-state index in [0.717, 1.165) is 25.6 Å². The van der Waals surface area contributed by atoms with Gasteiger partial charge >= 0.3 is 0 Å². The molecule has 0 heterocycles. The molecular weight excluding hydrogens is 236 g/mol. The predicted octanol–water partition coefficient (Wildman–Crippen LogP) is 2.50. The second-order valence-electron chi connectivity index (χ2n) is 7.38. The molecule has 0 aromatic carbocycles. The van der Waals surface area contributed by atoms with Crippen molar-refractivity contribution in [3.05, 3.63) is 0 Å². The molecule has 0 aromatic rings. The van der Waals surface area contributed by atoms with Gasteiger partial charge in [0.2, 0.25) is 0 Å². The summed E-state index contributed by atoms with van der Waals surface area (Å²) >= 11 is 0. The Morgan fingerprint density at radius 2 is 2.00 bits per heavy atom. The molecule has 0 bridgehead atoms. The minimum atomic E-state index is 0.320. The number of methoxy groups -OCH3 is 1. The van der Waals surface area contributed by atoms with Gasteiger partial charge in [0.25, 0.3) is 0 Å². The Bertz CT molecular complexity index is 288. The van der Waals surface area contributed by atoms with Crippen molar-refractivity contribution in [3.63, 3.8) is 0 Å². The number of nitrogens with two attached hydrogens (primary N) is 1. The van der Waals surface area contributed by atoms with Gasteiger partial charge in [-0.3, -0.25) is 4.90 Å². The monoisotopic (exact) mass is 268 g/mol. The molecule has 0 aromatic heterocycles. The molecule has 2 fully saturated rings. The number of hydrogen-bond acceptors (Lipinski definition) is 3. The Kier molecular flexibility index (Phi) is 4.91. The van der Waals surface area contributed by atoms with Crippen LogP contribution in [-0.2, 0) is 4.74 Å². The first-order valence-electron chi connectivity index (χ1n) is 7.94. The van der Waals surface area contributed by atoms with Gasteiger partial charge in [-0.25, -0.2) is 0 Å². The van der Waals surface area contributed by atoms with E-state index < -0.39 is 0 Å². The molecule has 0 radical (unpaired) electrons. The first kappa shape index (κ1) is 15.3. The van der Waals surface area contributed by atoms with Gasteiger partial charge in [-0.2, -0.15) is 0 Å². The zero-order chi connectivity index (χ0) is 14.0. The quantitative estimate of drug-likeness (QED) is 0.771. The van der Waals surface area contributed by atoms with Gasteiger partial charge in [-0.1, -0.05) is 13.8 Å². The fourth-order valence-corrected chi connectivity index (χ4v) is 3.59. The second kappa shape index (κ2) is 6.11. The maximum atomic E-state index is 6.47. The first-order valence-corrected chi connectivity index (χ1v) is 7.94. The van der Waals surface area contributed by atoms with E-state index in [-0.39, 0.29) is 0 Å². The maximum absolute atomic E-state index is 6.47. The molecule has 0 spiro atoms. The fraction of sp³-hybridized carbons (Fsp3) is 1.00. The van der Waals surface area contributed by atoms with Crippen LogP contribution in [0.3, 0.4) is 0 Å². The van der Waals surface area contributed by atoms with E-state index in [0.29, 0.717) is 23.4 Å². The summed E-state index contributed by atoms with van der Waals surface area (Å²) in [6.07, 6.45) is 5.38. The lowest BCUT2D eigenvalue weighted by Gasteiger charge is -2.34. The fourth-order valence-electron chi connectivity index (χ4n) is 3.59. The van der Waals surface area contributed by atoms with Crippen molar-refractivity contribution in [2.45, 2.75) is 58.5 Å². The summed E-state index contributed by atoms with van der Waals surface area (Å²) in [4.78, 5) is 2.63. The number of nitrogens with zero attached hydrogens (tertiary/aromatic N) is 1. The number of rotatable bonds is 7. The van der Waals surface area contributed by atoms with Crippen LogP contribution in [0.2, 0.25) is 0 Å². The van der Waals surface area contributed by atoms with Crippen LogP contribution in [0.15, 0.2) is 0 Å². The molecule has 2 aliphatic rings. The summed E-state index contributed by atoms with van der Waals surface area (Å²) in [5, 5.41) is 0. The summed E-state index contributed by atoms with van der Waals surface area (Å²) in [7, 11) is 1.80. The highest BCUT2D eigenvalue weighted by Gasteiger charge is 2.41. The highest BCUT2D eigenvalue weighted by Crippen LogP contribution is 2.41. The third kappa shape index (κ3) is 3.71. The SMILES string of the molecule is COCCN(CC1CCC(C)(C)C1N)C(C)C1CC1. The summed E-state index contributed by atoms with van der Waals surface area (Å²) in [5.41, 5.74) is 6.79. The number of hydrogen-bond donors (Lipinski definition) is 1. The van der Waals surface area contributed by atoms with Gasteiger partial charge in [-0.15, -0.1) is 0 Å². The second-order valence-corrected chi connectivity index (χ2v) is 7.38. The molecule has 0 saturated heterocycles. The average Bonchev–Trinajstić information content (AvgIpc) is 3.17. The maximum Gasteiger partial charge on any atom is 0.0589 e. The smallest absolute Gasteiger partial charge is 0.0589 e. The normalized spacial score (nSPS) is 31.9. The summed E-state index contributed by atoms with van der Waals surface area (Å²) in [5.74, 6) is 1.58. The molecule has 19 heavy (non-hydrogen) atoms. The van der Waals surface area contributed by atoms with Gasteiger partial charge in [0, 0.05) is 32.3 Å². The van der Waals surface area contributed by atoms with Gasteiger partial charge in [-0.05, 0) is 49.9 Å². The summed E-state index contributed by atoms with van der Waals surface area (Å²) < 4.78 is 5.28.